The molecule has 0 atom stereocenters. The van der Waals surface area contributed by atoms with Crippen molar-refractivity contribution in [3.05, 3.63) is 88.4 Å². The Labute approximate surface area is 223 Å². The van der Waals surface area contributed by atoms with Crippen molar-refractivity contribution in [1.29, 1.82) is 0 Å². The number of nitrogens with one attached hydrogen (secondary N) is 2. The smallest absolute Gasteiger partial charge is 0.256 e. The Kier molecular flexibility index (Phi) is 5.42. The molecular weight excluding hydrogens is 496 g/mol. The number of anilines is 1. The molecule has 8 heteroatoms. The summed E-state index contributed by atoms with van der Waals surface area (Å²) >= 11 is 6.49. The molecule has 1 saturated heterocycles. The Hall–Kier alpha value is -4.20. The molecule has 6 aromatic rings. The van der Waals surface area contributed by atoms with Crippen molar-refractivity contribution in [3.8, 4) is 22.5 Å². The Morgan fingerprint density at radius 2 is 1.71 bits per heavy atom. The first kappa shape index (κ1) is 23.0. The average molecular weight is 521 g/mol. The number of H-pyrrole nitrogens is 2. The van der Waals surface area contributed by atoms with Gasteiger partial charge in [-0.15, -0.1) is 0 Å². The molecule has 0 amide bonds. The molecule has 7 rings (SSSR count). The van der Waals surface area contributed by atoms with Crippen LogP contribution in [0.5, 0.6) is 0 Å². The van der Waals surface area contributed by atoms with Crippen LogP contribution in [-0.2, 0) is 0 Å². The summed E-state index contributed by atoms with van der Waals surface area (Å²) in [6.07, 6.45) is 3.55. The average Bonchev–Trinajstić information content (AvgIpc) is 3.39. The molecule has 7 nitrogen and oxygen atoms in total. The van der Waals surface area contributed by atoms with Crippen LogP contribution in [0.1, 0.15) is 0 Å². The lowest BCUT2D eigenvalue weighted by Gasteiger charge is -2.33. The van der Waals surface area contributed by atoms with E-state index in [2.05, 4.69) is 56.1 Å². The fourth-order valence-corrected chi connectivity index (χ4v) is 5.67. The number of imidazole rings is 1. The van der Waals surface area contributed by atoms with E-state index in [9.17, 15) is 4.79 Å². The second-order valence-electron chi connectivity index (χ2n) is 9.84. The van der Waals surface area contributed by atoms with Crippen molar-refractivity contribution in [1.82, 2.24) is 24.8 Å². The fourth-order valence-electron chi connectivity index (χ4n) is 5.44. The Morgan fingerprint density at radius 1 is 0.895 bits per heavy atom. The summed E-state index contributed by atoms with van der Waals surface area (Å²) in [5.41, 5.74) is 4.42. The molecule has 3 aromatic carbocycles. The summed E-state index contributed by atoms with van der Waals surface area (Å²) in [5, 5.41) is 3.86. The lowest BCUT2D eigenvalue weighted by Crippen LogP contribution is -2.44. The predicted octanol–water partition coefficient (Wildman–Crippen LogP) is 5.69. The quantitative estimate of drug-likeness (QED) is 0.293. The van der Waals surface area contributed by atoms with Crippen molar-refractivity contribution in [2.75, 3.05) is 38.1 Å². The summed E-state index contributed by atoms with van der Waals surface area (Å²) in [5.74, 6) is 1.65. The second-order valence-corrected chi connectivity index (χ2v) is 10.2. The molecule has 4 heterocycles. The number of aromatic nitrogens is 4. The molecule has 0 spiro atoms. The van der Waals surface area contributed by atoms with Gasteiger partial charge in [0.15, 0.2) is 0 Å². The van der Waals surface area contributed by atoms with Gasteiger partial charge in [-0.05, 0) is 60.0 Å². The highest BCUT2D eigenvalue weighted by molar-refractivity contribution is 6.33. The molecular formula is C30H25ClN6O. The maximum atomic E-state index is 13.2. The number of pyridine rings is 2. The van der Waals surface area contributed by atoms with Crippen LogP contribution in [-0.4, -0.2) is 58.1 Å². The Bertz CT molecular complexity index is 1900. The Morgan fingerprint density at radius 3 is 2.55 bits per heavy atom. The van der Waals surface area contributed by atoms with E-state index in [-0.39, 0.29) is 5.56 Å². The summed E-state index contributed by atoms with van der Waals surface area (Å²) in [7, 11) is 2.15. The zero-order valence-corrected chi connectivity index (χ0v) is 21.6. The molecule has 3 aromatic heterocycles. The minimum absolute atomic E-state index is 0.131. The van der Waals surface area contributed by atoms with E-state index in [4.69, 9.17) is 16.6 Å². The van der Waals surface area contributed by atoms with Crippen LogP contribution in [0.15, 0.2) is 77.9 Å². The van der Waals surface area contributed by atoms with Gasteiger partial charge in [0.25, 0.3) is 5.56 Å². The minimum atomic E-state index is -0.131. The van der Waals surface area contributed by atoms with Gasteiger partial charge < -0.3 is 19.8 Å². The lowest BCUT2D eigenvalue weighted by atomic mass is 9.97. The number of aromatic amines is 2. The number of hydrogen-bond donors (Lipinski definition) is 2. The van der Waals surface area contributed by atoms with E-state index in [0.717, 1.165) is 75.9 Å². The van der Waals surface area contributed by atoms with E-state index in [1.54, 1.807) is 6.20 Å². The first-order valence-electron chi connectivity index (χ1n) is 12.7. The van der Waals surface area contributed by atoms with Crippen LogP contribution >= 0.6 is 11.6 Å². The van der Waals surface area contributed by atoms with Gasteiger partial charge >= 0.3 is 0 Å². The third-order valence-electron chi connectivity index (χ3n) is 7.51. The molecule has 0 saturated carbocycles. The number of benzene rings is 3. The van der Waals surface area contributed by atoms with Crippen molar-refractivity contribution >= 4 is 50.0 Å². The van der Waals surface area contributed by atoms with Crippen LogP contribution in [0.2, 0.25) is 5.02 Å². The summed E-state index contributed by atoms with van der Waals surface area (Å²) in [6, 6.07) is 20.0. The number of likely N-dealkylation sites (N-methyl/N-ethyl adjacent to an activating group) is 1. The third-order valence-corrected chi connectivity index (χ3v) is 7.84. The highest BCUT2D eigenvalue weighted by Crippen LogP contribution is 2.37. The first-order chi connectivity index (χ1) is 18.6. The number of halogens is 1. The Balaban J connectivity index is 1.43. The maximum absolute atomic E-state index is 13.2. The number of fused-ring (bicyclic) bond motifs is 6. The number of rotatable bonds is 3. The van der Waals surface area contributed by atoms with Gasteiger partial charge in [-0.2, -0.15) is 0 Å². The number of piperazine rings is 1. The third kappa shape index (κ3) is 3.74. The summed E-state index contributed by atoms with van der Waals surface area (Å²) < 4.78 is 0. The van der Waals surface area contributed by atoms with Crippen LogP contribution < -0.4 is 10.5 Å². The van der Waals surface area contributed by atoms with Gasteiger partial charge in [-0.1, -0.05) is 35.9 Å². The van der Waals surface area contributed by atoms with E-state index >= 15 is 0 Å². The highest BCUT2D eigenvalue weighted by Gasteiger charge is 2.19. The number of nitrogens with zero attached hydrogens (tertiary/aromatic N) is 4. The van der Waals surface area contributed by atoms with Gasteiger partial charge in [-0.25, -0.2) is 9.97 Å². The highest BCUT2D eigenvalue weighted by atomic mass is 35.5. The number of hydrogen-bond acceptors (Lipinski definition) is 5. The molecule has 1 fully saturated rings. The molecule has 0 radical (unpaired) electrons. The van der Waals surface area contributed by atoms with Gasteiger partial charge in [0.05, 0.1) is 21.4 Å². The van der Waals surface area contributed by atoms with Crippen molar-refractivity contribution in [2.24, 2.45) is 0 Å². The van der Waals surface area contributed by atoms with Gasteiger partial charge in [-0.3, -0.25) is 4.79 Å². The topological polar surface area (TPSA) is 80.9 Å². The molecule has 0 unspecified atom stereocenters. The monoisotopic (exact) mass is 520 g/mol. The second kappa shape index (κ2) is 8.97. The van der Waals surface area contributed by atoms with Crippen LogP contribution in [0.4, 0.5) is 5.82 Å². The maximum Gasteiger partial charge on any atom is 0.256 e. The van der Waals surface area contributed by atoms with Gasteiger partial charge in [0.1, 0.15) is 11.6 Å². The van der Waals surface area contributed by atoms with E-state index in [1.165, 1.54) is 0 Å². The van der Waals surface area contributed by atoms with E-state index in [1.807, 2.05) is 42.6 Å². The lowest BCUT2D eigenvalue weighted by molar-refractivity contribution is 0.312. The zero-order valence-electron chi connectivity index (χ0n) is 20.8. The molecule has 0 bridgehead atoms. The first-order valence-corrected chi connectivity index (χ1v) is 13.1. The van der Waals surface area contributed by atoms with Gasteiger partial charge in [0.2, 0.25) is 0 Å². The summed E-state index contributed by atoms with van der Waals surface area (Å²) in [4.78, 5) is 33.7. The molecule has 1 aliphatic rings. The standard InChI is InChI=1S/C30H25ClN6O/c1-36-12-14-37(15-13-36)25-17-19(8-10-32-25)18-6-7-20-23(16-18)26-22(9-11-33-30(26)38)28-27(20)34-29(35-28)21-4-2-3-5-24(21)31/h2-11,16-17H,12-15H2,1H3,(H,33,38)(H,34,35). The van der Waals surface area contributed by atoms with Crippen LogP contribution in [0.3, 0.4) is 0 Å². The van der Waals surface area contributed by atoms with E-state index < -0.39 is 0 Å². The molecule has 0 aliphatic carbocycles. The van der Waals surface area contributed by atoms with Gasteiger partial charge in [0, 0.05) is 54.9 Å². The van der Waals surface area contributed by atoms with Crippen molar-refractivity contribution in [3.63, 3.8) is 0 Å². The van der Waals surface area contributed by atoms with Crippen LogP contribution in [0, 0.1) is 0 Å². The molecule has 188 valence electrons. The SMILES string of the molecule is CN1CCN(c2cc(-c3ccc4c(c3)c3c(=O)[nH]ccc3c3[nH]c(-c5ccccc5Cl)nc43)ccn2)CC1. The normalized spacial score (nSPS) is 14.6. The zero-order chi connectivity index (χ0) is 25.8. The summed E-state index contributed by atoms with van der Waals surface area (Å²) in [6.45, 7) is 3.95. The largest absolute Gasteiger partial charge is 0.354 e. The van der Waals surface area contributed by atoms with E-state index in [0.29, 0.717) is 16.2 Å². The van der Waals surface area contributed by atoms with Crippen molar-refractivity contribution < 1.29 is 0 Å². The molecule has 38 heavy (non-hydrogen) atoms. The van der Waals surface area contributed by atoms with Crippen LogP contribution in [0.25, 0.3) is 55.1 Å². The predicted molar refractivity (Wildman–Crippen MR) is 155 cm³/mol. The molecule has 1 aliphatic heterocycles. The van der Waals surface area contributed by atoms with Crippen molar-refractivity contribution in [2.45, 2.75) is 0 Å². The minimum Gasteiger partial charge on any atom is -0.354 e. The molecule has 2 N–H and O–H groups in total. The fraction of sp³-hybridized carbons (Fsp3) is 0.167.